The van der Waals surface area contributed by atoms with Crippen molar-refractivity contribution in [1.82, 2.24) is 5.32 Å². The molecule has 0 spiro atoms. The molecule has 5 nitrogen and oxygen atoms in total. The first-order chi connectivity index (χ1) is 9.11. The third kappa shape index (κ3) is 2.26. The van der Waals surface area contributed by atoms with Gasteiger partial charge >= 0.3 is 0 Å². The lowest BCUT2D eigenvalue weighted by Gasteiger charge is -2.43. The van der Waals surface area contributed by atoms with E-state index >= 15 is 0 Å². The van der Waals surface area contributed by atoms with Crippen LogP contribution in [-0.2, 0) is 4.74 Å². The van der Waals surface area contributed by atoms with Crippen molar-refractivity contribution in [2.75, 3.05) is 7.05 Å². The molecular weight excluding hydrogens is 271 g/mol. The molecule has 7 heteroatoms. The van der Waals surface area contributed by atoms with Crippen molar-refractivity contribution in [2.45, 2.75) is 55.2 Å². The Hall–Kier alpha value is -0.370. The molecule has 2 saturated heterocycles. The highest BCUT2D eigenvalue weighted by Gasteiger charge is 2.53. The summed E-state index contributed by atoms with van der Waals surface area (Å²) in [5, 5.41) is 23.8. The van der Waals surface area contributed by atoms with E-state index in [0.717, 1.165) is 19.3 Å². The van der Waals surface area contributed by atoms with Crippen molar-refractivity contribution in [3.63, 3.8) is 0 Å². The lowest BCUT2D eigenvalue weighted by molar-refractivity contribution is -0.186. The second kappa shape index (κ2) is 5.20. The first-order valence-corrected chi connectivity index (χ1v) is 7.55. The summed E-state index contributed by atoms with van der Waals surface area (Å²) >= 11 is 1.31. The minimum atomic E-state index is -1.45. The van der Waals surface area contributed by atoms with Crippen LogP contribution >= 0.6 is 11.8 Å². The number of fused-ring (bicyclic) bond motifs is 1. The zero-order valence-electron chi connectivity index (χ0n) is 10.7. The van der Waals surface area contributed by atoms with Crippen LogP contribution in [0, 0.1) is 5.92 Å². The maximum Gasteiger partial charge on any atom is 0.159 e. The molecule has 2 heterocycles. The Kier molecular flexibility index (Phi) is 3.72. The molecule has 3 aliphatic rings. The van der Waals surface area contributed by atoms with E-state index in [1.165, 1.54) is 11.8 Å². The molecule has 3 N–H and O–H groups in total. The molecule has 1 aliphatic carbocycles. The van der Waals surface area contributed by atoms with Crippen LogP contribution in [0.15, 0.2) is 4.99 Å². The van der Waals surface area contributed by atoms with Gasteiger partial charge in [-0.15, -0.1) is 0 Å². The fourth-order valence-electron chi connectivity index (χ4n) is 2.85. The molecular formula is C12H19FN2O3S. The minimum absolute atomic E-state index is 0.127. The van der Waals surface area contributed by atoms with E-state index in [1.807, 2.05) is 0 Å². The summed E-state index contributed by atoms with van der Waals surface area (Å²) < 4.78 is 20.0. The summed E-state index contributed by atoms with van der Waals surface area (Å²) in [5.74, 6) is 0.127. The van der Waals surface area contributed by atoms with Crippen LogP contribution < -0.4 is 5.32 Å². The zero-order chi connectivity index (χ0) is 13.6. The molecule has 1 saturated carbocycles. The normalized spacial score (nSPS) is 46.5. The summed E-state index contributed by atoms with van der Waals surface area (Å²) in [7, 11) is 1.62. The lowest BCUT2D eigenvalue weighted by Crippen LogP contribution is -2.61. The van der Waals surface area contributed by atoms with Crippen LogP contribution in [0.2, 0.25) is 0 Å². The smallest absolute Gasteiger partial charge is 0.159 e. The Morgan fingerprint density at radius 1 is 1.53 bits per heavy atom. The topological polar surface area (TPSA) is 74.1 Å². The molecule has 0 amide bonds. The van der Waals surface area contributed by atoms with Crippen LogP contribution in [0.25, 0.3) is 0 Å². The Labute approximate surface area is 115 Å². The fourth-order valence-corrected chi connectivity index (χ4v) is 3.93. The van der Waals surface area contributed by atoms with Crippen LogP contribution in [0.5, 0.6) is 0 Å². The van der Waals surface area contributed by atoms with Gasteiger partial charge in [0.2, 0.25) is 0 Å². The number of halogens is 1. The fraction of sp³-hybridized carbons (Fsp3) is 0.917. The van der Waals surface area contributed by atoms with Gasteiger partial charge in [-0.2, -0.15) is 0 Å². The molecule has 108 valence electrons. The number of ether oxygens (including phenoxy) is 1. The lowest BCUT2D eigenvalue weighted by atomic mass is 9.77. The monoisotopic (exact) mass is 290 g/mol. The van der Waals surface area contributed by atoms with E-state index in [4.69, 9.17) is 4.74 Å². The van der Waals surface area contributed by atoms with Gasteiger partial charge in [0.05, 0.1) is 12.1 Å². The Balaban J connectivity index is 1.73. The second-order valence-corrected chi connectivity index (χ2v) is 6.49. The van der Waals surface area contributed by atoms with Crippen LogP contribution in [0.1, 0.15) is 19.3 Å². The number of alkyl halides is 1. The number of aliphatic imine (C=N–C) groups is 1. The molecule has 0 bridgehead atoms. The number of hydrogen-bond donors (Lipinski definition) is 3. The van der Waals surface area contributed by atoms with Gasteiger partial charge in [-0.3, -0.25) is 4.99 Å². The van der Waals surface area contributed by atoms with Gasteiger partial charge in [-0.25, -0.2) is 4.39 Å². The minimum Gasteiger partial charge on any atom is -0.390 e. The predicted octanol–water partition coefficient (Wildman–Crippen LogP) is 0.262. The van der Waals surface area contributed by atoms with Crippen molar-refractivity contribution in [2.24, 2.45) is 10.9 Å². The summed E-state index contributed by atoms with van der Waals surface area (Å²) in [6, 6.07) is -0.594. The Morgan fingerprint density at radius 2 is 2.26 bits per heavy atom. The summed E-state index contributed by atoms with van der Waals surface area (Å²) in [4.78, 5) is 3.98. The number of thioether (sulfide) groups is 1. The predicted molar refractivity (Wildman–Crippen MR) is 70.8 cm³/mol. The average Bonchev–Trinajstić information content (AvgIpc) is 2.74. The van der Waals surface area contributed by atoms with Crippen molar-refractivity contribution in [3.8, 4) is 0 Å². The van der Waals surface area contributed by atoms with Gasteiger partial charge in [-0.1, -0.05) is 18.2 Å². The number of hydrogen-bond acceptors (Lipinski definition) is 5. The molecule has 2 aliphatic heterocycles. The third-order valence-corrected chi connectivity index (χ3v) is 5.44. The van der Waals surface area contributed by atoms with Crippen molar-refractivity contribution in [3.05, 3.63) is 0 Å². The third-order valence-electron chi connectivity index (χ3n) is 4.28. The van der Waals surface area contributed by atoms with E-state index < -0.39 is 36.0 Å². The Bertz CT molecular complexity index is 380. The number of aliphatic hydroxyl groups is 2. The van der Waals surface area contributed by atoms with Gasteiger partial charge in [0.25, 0.3) is 0 Å². The van der Waals surface area contributed by atoms with Gasteiger partial charge in [0.15, 0.2) is 11.3 Å². The quantitative estimate of drug-likeness (QED) is 0.680. The highest BCUT2D eigenvalue weighted by molar-refractivity contribution is 8.14. The average molecular weight is 290 g/mol. The highest BCUT2D eigenvalue weighted by Crippen LogP contribution is 2.39. The standard InChI is InChI=1S/C12H19FN2O3S/c1-14-12-15-7-6(13)9(17)10(18-11(7)19-12)8(16)5-3-2-4-5/h5-11,16-17H,2-4H2,1H3,(H,14,15). The maximum atomic E-state index is 14.3. The number of nitrogens with one attached hydrogen (secondary N) is 1. The molecule has 19 heavy (non-hydrogen) atoms. The van der Waals surface area contributed by atoms with E-state index in [-0.39, 0.29) is 5.92 Å². The Morgan fingerprint density at radius 3 is 2.84 bits per heavy atom. The number of nitrogens with zero attached hydrogens (tertiary/aromatic N) is 1. The van der Waals surface area contributed by atoms with Gasteiger partial charge < -0.3 is 20.3 Å². The summed E-state index contributed by atoms with van der Waals surface area (Å²) in [6.45, 7) is 0. The van der Waals surface area contributed by atoms with E-state index in [2.05, 4.69) is 10.3 Å². The van der Waals surface area contributed by atoms with Crippen LogP contribution in [0.4, 0.5) is 4.39 Å². The van der Waals surface area contributed by atoms with E-state index in [1.54, 1.807) is 7.05 Å². The summed E-state index contributed by atoms with van der Waals surface area (Å²) in [6.07, 6.45) is -1.44. The zero-order valence-corrected chi connectivity index (χ0v) is 11.5. The molecule has 3 fully saturated rings. The van der Waals surface area contributed by atoms with Gasteiger partial charge in [-0.05, 0) is 18.8 Å². The van der Waals surface area contributed by atoms with E-state index in [9.17, 15) is 14.6 Å². The van der Waals surface area contributed by atoms with Crippen molar-refractivity contribution < 1.29 is 19.3 Å². The van der Waals surface area contributed by atoms with Gasteiger partial charge in [0.1, 0.15) is 17.6 Å². The number of aliphatic hydroxyl groups excluding tert-OH is 2. The molecule has 0 radical (unpaired) electrons. The van der Waals surface area contributed by atoms with Gasteiger partial charge in [0, 0.05) is 7.05 Å². The summed E-state index contributed by atoms with van der Waals surface area (Å²) in [5.41, 5.74) is -0.433. The van der Waals surface area contributed by atoms with Crippen molar-refractivity contribution >= 4 is 16.9 Å². The molecule has 0 aromatic carbocycles. The van der Waals surface area contributed by atoms with E-state index in [0.29, 0.717) is 5.17 Å². The second-order valence-electron chi connectivity index (χ2n) is 5.40. The number of rotatable bonds is 2. The molecule has 3 rings (SSSR count). The first kappa shape index (κ1) is 13.6. The molecule has 0 aromatic rings. The van der Waals surface area contributed by atoms with Crippen LogP contribution in [-0.4, -0.2) is 58.4 Å². The van der Waals surface area contributed by atoms with Crippen molar-refractivity contribution in [1.29, 1.82) is 0 Å². The molecule has 6 unspecified atom stereocenters. The highest BCUT2D eigenvalue weighted by atomic mass is 32.2. The van der Waals surface area contributed by atoms with Crippen LogP contribution in [0.3, 0.4) is 0 Å². The largest absolute Gasteiger partial charge is 0.390 e. The molecule has 6 atom stereocenters. The maximum absolute atomic E-state index is 14.3. The first-order valence-electron chi connectivity index (χ1n) is 6.67. The SMILES string of the molecule is CN=C1NC2C(OC(C(O)C3CCC3)C(O)C2F)S1. The molecule has 0 aromatic heterocycles. The number of amidine groups is 1.